The molecule has 1 aliphatic carbocycles. The third kappa shape index (κ3) is 1.99. The summed E-state index contributed by atoms with van der Waals surface area (Å²) in [6, 6.07) is 0. The maximum absolute atomic E-state index is 4.39. The van der Waals surface area contributed by atoms with E-state index >= 15 is 0 Å². The first kappa shape index (κ1) is 12.2. The minimum atomic E-state index is 0.434. The molecule has 96 valence electrons. The fraction of sp³-hybridized carbons (Fsp3) is 0.538. The van der Waals surface area contributed by atoms with Crippen LogP contribution in [0.2, 0.25) is 0 Å². The molecule has 3 nitrogen and oxygen atoms in total. The van der Waals surface area contributed by atoms with Crippen molar-refractivity contribution < 1.29 is 0 Å². The zero-order valence-electron chi connectivity index (χ0n) is 10.7. The highest BCUT2D eigenvalue weighted by atomic mass is 32.2. The Morgan fingerprint density at radius 3 is 2.94 bits per heavy atom. The van der Waals surface area contributed by atoms with Crippen molar-refractivity contribution in [2.75, 3.05) is 18.1 Å². The van der Waals surface area contributed by atoms with Crippen molar-refractivity contribution in [2.45, 2.75) is 30.9 Å². The van der Waals surface area contributed by atoms with E-state index in [1.165, 1.54) is 29.5 Å². The van der Waals surface area contributed by atoms with Crippen LogP contribution >= 0.6 is 23.1 Å². The first-order valence-electron chi connectivity index (χ1n) is 6.22. The number of nitrogens with one attached hydrogen (secondary N) is 1. The van der Waals surface area contributed by atoms with Gasteiger partial charge in [0, 0.05) is 11.3 Å². The molecule has 1 aliphatic rings. The summed E-state index contributed by atoms with van der Waals surface area (Å²) in [4.78, 5) is 8.75. The van der Waals surface area contributed by atoms with Gasteiger partial charge < -0.3 is 5.32 Å². The Balaban J connectivity index is 1.82. The van der Waals surface area contributed by atoms with Crippen LogP contribution in [0.4, 0.5) is 5.82 Å². The van der Waals surface area contributed by atoms with E-state index in [0.717, 1.165) is 17.9 Å². The number of anilines is 1. The van der Waals surface area contributed by atoms with E-state index in [0.29, 0.717) is 4.75 Å². The van der Waals surface area contributed by atoms with Gasteiger partial charge in [0.05, 0.1) is 10.2 Å². The maximum atomic E-state index is 4.39. The van der Waals surface area contributed by atoms with Crippen LogP contribution in [-0.2, 0) is 0 Å². The van der Waals surface area contributed by atoms with Gasteiger partial charge in [-0.25, -0.2) is 9.97 Å². The average Bonchev–Trinajstić information content (AvgIpc) is 2.72. The van der Waals surface area contributed by atoms with Gasteiger partial charge in [-0.15, -0.1) is 11.3 Å². The number of hydrogen-bond donors (Lipinski definition) is 1. The lowest BCUT2D eigenvalue weighted by Crippen LogP contribution is -2.40. The molecule has 1 N–H and O–H groups in total. The van der Waals surface area contributed by atoms with Crippen molar-refractivity contribution in [3.8, 4) is 0 Å². The number of thiophene rings is 1. The second kappa shape index (κ2) is 4.70. The van der Waals surface area contributed by atoms with E-state index in [1.807, 2.05) is 11.8 Å². The Kier molecular flexibility index (Phi) is 3.20. The largest absolute Gasteiger partial charge is 0.367 e. The van der Waals surface area contributed by atoms with Crippen LogP contribution < -0.4 is 5.32 Å². The monoisotopic (exact) mass is 279 g/mol. The van der Waals surface area contributed by atoms with Gasteiger partial charge in [-0.05, 0) is 37.0 Å². The summed E-state index contributed by atoms with van der Waals surface area (Å²) in [5.74, 6) is 0.999. The van der Waals surface area contributed by atoms with E-state index in [9.17, 15) is 0 Å². The molecular formula is C13H17N3S2. The van der Waals surface area contributed by atoms with Crippen molar-refractivity contribution in [1.82, 2.24) is 9.97 Å². The lowest BCUT2D eigenvalue weighted by atomic mass is 9.84. The van der Waals surface area contributed by atoms with Gasteiger partial charge >= 0.3 is 0 Å². The standard InChI is InChI=1S/C13H17N3S2/c1-9-6-18-11-10(9)15-8-16-12(11)14-7-13(17-2)4-3-5-13/h6,8H,3-5,7H2,1-2H3,(H,14,15,16). The molecule has 1 fully saturated rings. The second-order valence-electron chi connectivity index (χ2n) is 4.91. The molecule has 2 heterocycles. The van der Waals surface area contributed by atoms with Crippen LogP contribution in [-0.4, -0.2) is 27.5 Å². The Morgan fingerprint density at radius 1 is 1.44 bits per heavy atom. The zero-order chi connectivity index (χ0) is 12.6. The maximum Gasteiger partial charge on any atom is 0.147 e. The molecule has 0 unspecified atom stereocenters. The van der Waals surface area contributed by atoms with Crippen molar-refractivity contribution >= 4 is 39.1 Å². The van der Waals surface area contributed by atoms with Crippen molar-refractivity contribution in [3.63, 3.8) is 0 Å². The minimum Gasteiger partial charge on any atom is -0.367 e. The van der Waals surface area contributed by atoms with Crippen molar-refractivity contribution in [2.24, 2.45) is 0 Å². The van der Waals surface area contributed by atoms with E-state index in [4.69, 9.17) is 0 Å². The Hall–Kier alpha value is -0.810. The summed E-state index contributed by atoms with van der Waals surface area (Å²) in [5, 5.41) is 5.68. The molecule has 3 rings (SSSR count). The fourth-order valence-electron chi connectivity index (χ4n) is 2.36. The summed E-state index contributed by atoms with van der Waals surface area (Å²) >= 11 is 3.72. The molecule has 2 aromatic rings. The number of aromatic nitrogens is 2. The van der Waals surface area contributed by atoms with Crippen LogP contribution in [0.3, 0.4) is 0 Å². The Bertz CT molecular complexity index is 555. The van der Waals surface area contributed by atoms with Crippen LogP contribution in [0.15, 0.2) is 11.7 Å². The number of fused-ring (bicyclic) bond motifs is 1. The molecule has 5 heteroatoms. The highest BCUT2D eigenvalue weighted by molar-refractivity contribution is 8.00. The molecule has 0 atom stereocenters. The number of nitrogens with zero attached hydrogens (tertiary/aromatic N) is 2. The Morgan fingerprint density at radius 2 is 2.28 bits per heavy atom. The van der Waals surface area contributed by atoms with Gasteiger partial charge in [0.15, 0.2) is 0 Å². The molecular weight excluding hydrogens is 262 g/mol. The molecule has 18 heavy (non-hydrogen) atoms. The Labute approximate surface area is 115 Å². The fourth-order valence-corrected chi connectivity index (χ4v) is 4.25. The van der Waals surface area contributed by atoms with E-state index in [2.05, 4.69) is 33.8 Å². The third-order valence-electron chi connectivity index (χ3n) is 3.81. The van der Waals surface area contributed by atoms with Crippen molar-refractivity contribution in [1.29, 1.82) is 0 Å². The van der Waals surface area contributed by atoms with Crippen LogP contribution in [0.5, 0.6) is 0 Å². The van der Waals surface area contributed by atoms with Gasteiger partial charge in [-0.3, -0.25) is 0 Å². The predicted octanol–water partition coefficient (Wildman–Crippen LogP) is 3.70. The zero-order valence-corrected chi connectivity index (χ0v) is 12.3. The number of thioether (sulfide) groups is 1. The number of hydrogen-bond acceptors (Lipinski definition) is 5. The first-order chi connectivity index (χ1) is 8.74. The number of aryl methyl sites for hydroxylation is 1. The van der Waals surface area contributed by atoms with Crippen molar-refractivity contribution in [3.05, 3.63) is 17.3 Å². The summed E-state index contributed by atoms with van der Waals surface area (Å²) in [6.07, 6.45) is 7.88. The molecule has 2 aromatic heterocycles. The van der Waals surface area contributed by atoms with Crippen LogP contribution in [0.25, 0.3) is 10.2 Å². The quantitative estimate of drug-likeness (QED) is 0.926. The first-order valence-corrected chi connectivity index (χ1v) is 8.32. The molecule has 0 amide bonds. The third-order valence-corrected chi connectivity index (χ3v) is 6.32. The highest BCUT2D eigenvalue weighted by Gasteiger charge is 2.36. The van der Waals surface area contributed by atoms with Crippen LogP contribution in [0, 0.1) is 6.92 Å². The van der Waals surface area contributed by atoms with Gasteiger partial charge in [0.2, 0.25) is 0 Å². The summed E-state index contributed by atoms with van der Waals surface area (Å²) in [6.45, 7) is 3.11. The van der Waals surface area contributed by atoms with E-state index < -0.39 is 0 Å². The molecule has 0 radical (unpaired) electrons. The van der Waals surface area contributed by atoms with Crippen LogP contribution in [0.1, 0.15) is 24.8 Å². The SMILES string of the molecule is CSC1(CNc2ncnc3c(C)csc23)CCC1. The summed E-state index contributed by atoms with van der Waals surface area (Å²) in [7, 11) is 0. The van der Waals surface area contributed by atoms with E-state index in [1.54, 1.807) is 17.7 Å². The lowest BCUT2D eigenvalue weighted by Gasteiger charge is -2.40. The molecule has 0 aliphatic heterocycles. The van der Waals surface area contributed by atoms with Gasteiger partial charge in [-0.2, -0.15) is 11.8 Å². The molecule has 0 bridgehead atoms. The molecule has 1 saturated carbocycles. The normalized spacial score (nSPS) is 17.7. The smallest absolute Gasteiger partial charge is 0.147 e. The van der Waals surface area contributed by atoms with Gasteiger partial charge in [-0.1, -0.05) is 6.42 Å². The topological polar surface area (TPSA) is 37.8 Å². The molecule has 0 spiro atoms. The van der Waals surface area contributed by atoms with E-state index in [-0.39, 0.29) is 0 Å². The summed E-state index contributed by atoms with van der Waals surface area (Å²) in [5.41, 5.74) is 2.33. The van der Waals surface area contributed by atoms with Gasteiger partial charge in [0.25, 0.3) is 0 Å². The molecule has 0 aromatic carbocycles. The van der Waals surface area contributed by atoms with Gasteiger partial charge in [0.1, 0.15) is 12.1 Å². The lowest BCUT2D eigenvalue weighted by molar-refractivity contribution is 0.380. The highest BCUT2D eigenvalue weighted by Crippen LogP contribution is 2.43. The minimum absolute atomic E-state index is 0.434. The second-order valence-corrected chi connectivity index (χ2v) is 7.07. The summed E-state index contributed by atoms with van der Waals surface area (Å²) < 4.78 is 1.62. The number of rotatable bonds is 4. The predicted molar refractivity (Wildman–Crippen MR) is 80.7 cm³/mol. The molecule has 0 saturated heterocycles. The average molecular weight is 279 g/mol.